The zero-order valence-electron chi connectivity index (χ0n) is 14.6. The van der Waals surface area contributed by atoms with Gasteiger partial charge in [-0.3, -0.25) is 0 Å². The predicted molar refractivity (Wildman–Crippen MR) is 91.1 cm³/mol. The Kier molecular flexibility index (Phi) is 9.59. The van der Waals surface area contributed by atoms with Crippen molar-refractivity contribution < 1.29 is 0 Å². The van der Waals surface area contributed by atoms with E-state index in [-0.39, 0.29) is 0 Å². The van der Waals surface area contributed by atoms with Crippen LogP contribution in [-0.4, -0.2) is 12.6 Å². The second-order valence-electron chi connectivity index (χ2n) is 7.01. The van der Waals surface area contributed by atoms with Gasteiger partial charge in [0.2, 0.25) is 0 Å². The van der Waals surface area contributed by atoms with Gasteiger partial charge in [-0.25, -0.2) is 0 Å². The molecule has 1 aliphatic rings. The maximum Gasteiger partial charge on any atom is 0.00978 e. The first-order valence-electron chi connectivity index (χ1n) is 9.48. The molecule has 1 fully saturated rings. The third-order valence-electron chi connectivity index (χ3n) is 5.63. The van der Waals surface area contributed by atoms with E-state index in [0.717, 1.165) is 30.3 Å². The SMILES string of the molecule is CCCCC1CCC(C(CC(CC)CC)NCC)CC1. The summed E-state index contributed by atoms with van der Waals surface area (Å²) in [6.45, 7) is 10.5. The fourth-order valence-electron chi connectivity index (χ4n) is 4.06. The summed E-state index contributed by atoms with van der Waals surface area (Å²) in [4.78, 5) is 0. The molecule has 0 aliphatic heterocycles. The Labute approximate surface area is 128 Å². The van der Waals surface area contributed by atoms with Crippen LogP contribution in [0, 0.1) is 17.8 Å². The van der Waals surface area contributed by atoms with Crippen LogP contribution >= 0.6 is 0 Å². The number of hydrogen-bond acceptors (Lipinski definition) is 1. The van der Waals surface area contributed by atoms with Crippen molar-refractivity contribution in [1.29, 1.82) is 0 Å². The van der Waals surface area contributed by atoms with Crippen molar-refractivity contribution in [3.05, 3.63) is 0 Å². The van der Waals surface area contributed by atoms with Crippen molar-refractivity contribution >= 4 is 0 Å². The summed E-state index contributed by atoms with van der Waals surface area (Å²) in [6.07, 6.45) is 14.4. The maximum atomic E-state index is 3.81. The number of unbranched alkanes of at least 4 members (excludes halogenated alkanes) is 1. The van der Waals surface area contributed by atoms with Gasteiger partial charge >= 0.3 is 0 Å². The minimum absolute atomic E-state index is 0.789. The van der Waals surface area contributed by atoms with Crippen molar-refractivity contribution in [3.63, 3.8) is 0 Å². The zero-order chi connectivity index (χ0) is 14.8. The van der Waals surface area contributed by atoms with Crippen LogP contribution in [-0.2, 0) is 0 Å². The molecule has 1 rings (SSSR count). The smallest absolute Gasteiger partial charge is 0.00978 e. The molecule has 0 heterocycles. The molecule has 1 nitrogen and oxygen atoms in total. The summed E-state index contributed by atoms with van der Waals surface area (Å²) in [5.74, 6) is 2.92. The summed E-state index contributed by atoms with van der Waals surface area (Å²) in [5, 5.41) is 3.81. The molecular formula is C19H39N. The highest BCUT2D eigenvalue weighted by Gasteiger charge is 2.28. The number of rotatable bonds is 10. The molecule has 0 radical (unpaired) electrons. The average Bonchev–Trinajstić information content (AvgIpc) is 2.50. The summed E-state index contributed by atoms with van der Waals surface area (Å²) < 4.78 is 0. The van der Waals surface area contributed by atoms with Crippen molar-refractivity contribution in [2.24, 2.45) is 17.8 Å². The Balaban J connectivity index is 2.40. The second kappa shape index (κ2) is 10.7. The summed E-state index contributed by atoms with van der Waals surface area (Å²) in [5.41, 5.74) is 0. The Bertz CT molecular complexity index is 214. The standard InChI is InChI=1S/C19H39N/c1-5-9-10-17-11-13-18(14-12-17)19(20-8-4)15-16(6-2)7-3/h16-20H,5-15H2,1-4H3. The van der Waals surface area contributed by atoms with Gasteiger partial charge < -0.3 is 5.32 Å². The molecule has 0 bridgehead atoms. The lowest BCUT2D eigenvalue weighted by molar-refractivity contribution is 0.191. The first-order valence-corrected chi connectivity index (χ1v) is 9.48. The van der Waals surface area contributed by atoms with Gasteiger partial charge in [-0.2, -0.15) is 0 Å². The van der Waals surface area contributed by atoms with Gasteiger partial charge in [0.1, 0.15) is 0 Å². The lowest BCUT2D eigenvalue weighted by atomic mass is 9.74. The molecule has 20 heavy (non-hydrogen) atoms. The molecule has 1 heteroatoms. The third-order valence-corrected chi connectivity index (χ3v) is 5.63. The highest BCUT2D eigenvalue weighted by atomic mass is 14.9. The summed E-state index contributed by atoms with van der Waals surface area (Å²) in [7, 11) is 0. The highest BCUT2D eigenvalue weighted by Crippen LogP contribution is 2.35. The Morgan fingerprint density at radius 3 is 2.10 bits per heavy atom. The molecule has 0 aromatic rings. The Hall–Kier alpha value is -0.0400. The fourth-order valence-corrected chi connectivity index (χ4v) is 4.06. The van der Waals surface area contributed by atoms with Crippen LogP contribution in [0.5, 0.6) is 0 Å². The van der Waals surface area contributed by atoms with Crippen LogP contribution < -0.4 is 5.32 Å². The van der Waals surface area contributed by atoms with Gasteiger partial charge in [-0.15, -0.1) is 0 Å². The van der Waals surface area contributed by atoms with Crippen LogP contribution in [0.1, 0.15) is 91.9 Å². The van der Waals surface area contributed by atoms with Gasteiger partial charge in [0.25, 0.3) is 0 Å². The van der Waals surface area contributed by atoms with Gasteiger partial charge in [0, 0.05) is 6.04 Å². The van der Waals surface area contributed by atoms with Crippen molar-refractivity contribution in [2.45, 2.75) is 97.9 Å². The lowest BCUT2D eigenvalue weighted by Crippen LogP contribution is -2.39. The minimum atomic E-state index is 0.789. The van der Waals surface area contributed by atoms with Gasteiger partial charge in [0.15, 0.2) is 0 Å². The quantitative estimate of drug-likeness (QED) is 0.534. The Morgan fingerprint density at radius 1 is 0.950 bits per heavy atom. The van der Waals surface area contributed by atoms with E-state index in [1.54, 1.807) is 0 Å². The first kappa shape index (κ1) is 18.0. The molecular weight excluding hydrogens is 242 g/mol. The number of hydrogen-bond donors (Lipinski definition) is 1. The van der Waals surface area contributed by atoms with E-state index in [0.29, 0.717) is 0 Å². The maximum absolute atomic E-state index is 3.81. The van der Waals surface area contributed by atoms with Crippen LogP contribution in [0.4, 0.5) is 0 Å². The molecule has 0 saturated heterocycles. The molecule has 1 N–H and O–H groups in total. The minimum Gasteiger partial charge on any atom is -0.314 e. The van der Waals surface area contributed by atoms with E-state index in [9.17, 15) is 0 Å². The van der Waals surface area contributed by atoms with E-state index in [2.05, 4.69) is 33.0 Å². The van der Waals surface area contributed by atoms with Crippen molar-refractivity contribution in [1.82, 2.24) is 5.32 Å². The monoisotopic (exact) mass is 281 g/mol. The summed E-state index contributed by atoms with van der Waals surface area (Å²) >= 11 is 0. The van der Waals surface area contributed by atoms with Crippen molar-refractivity contribution in [3.8, 4) is 0 Å². The van der Waals surface area contributed by atoms with E-state index in [1.165, 1.54) is 64.2 Å². The molecule has 1 aliphatic carbocycles. The molecule has 0 amide bonds. The molecule has 120 valence electrons. The molecule has 0 spiro atoms. The van der Waals surface area contributed by atoms with Crippen LogP contribution in [0.15, 0.2) is 0 Å². The lowest BCUT2D eigenvalue weighted by Gasteiger charge is -2.36. The third kappa shape index (κ3) is 6.16. The fraction of sp³-hybridized carbons (Fsp3) is 1.00. The molecule has 1 unspecified atom stereocenters. The first-order chi connectivity index (χ1) is 9.74. The van der Waals surface area contributed by atoms with Crippen LogP contribution in [0.25, 0.3) is 0 Å². The second-order valence-corrected chi connectivity index (χ2v) is 7.01. The molecule has 0 aromatic carbocycles. The zero-order valence-corrected chi connectivity index (χ0v) is 14.6. The van der Waals surface area contributed by atoms with E-state index in [4.69, 9.17) is 0 Å². The Morgan fingerprint density at radius 2 is 1.60 bits per heavy atom. The van der Waals surface area contributed by atoms with Crippen LogP contribution in [0.2, 0.25) is 0 Å². The molecule has 1 atom stereocenters. The highest BCUT2D eigenvalue weighted by molar-refractivity contribution is 4.83. The van der Waals surface area contributed by atoms with E-state index < -0.39 is 0 Å². The normalized spacial score (nSPS) is 25.1. The van der Waals surface area contributed by atoms with E-state index >= 15 is 0 Å². The number of nitrogens with one attached hydrogen (secondary N) is 1. The molecule has 1 saturated carbocycles. The molecule has 0 aromatic heterocycles. The van der Waals surface area contributed by atoms with E-state index in [1.807, 2.05) is 0 Å². The van der Waals surface area contributed by atoms with Gasteiger partial charge in [-0.05, 0) is 43.6 Å². The topological polar surface area (TPSA) is 12.0 Å². The largest absolute Gasteiger partial charge is 0.314 e. The van der Waals surface area contributed by atoms with Gasteiger partial charge in [0.05, 0.1) is 0 Å². The van der Waals surface area contributed by atoms with Crippen LogP contribution in [0.3, 0.4) is 0 Å². The van der Waals surface area contributed by atoms with Crippen molar-refractivity contribution in [2.75, 3.05) is 6.54 Å². The van der Waals surface area contributed by atoms with Gasteiger partial charge in [-0.1, -0.05) is 72.6 Å². The average molecular weight is 282 g/mol. The summed E-state index contributed by atoms with van der Waals surface area (Å²) in [6, 6.07) is 0.789. The predicted octanol–water partition coefficient (Wildman–Crippen LogP) is 5.79.